The van der Waals surface area contributed by atoms with Crippen LogP contribution in [-0.4, -0.2) is 31.1 Å². The number of likely N-dealkylation sites (tertiary alicyclic amines) is 1. The third-order valence-electron chi connectivity index (χ3n) is 3.44. The van der Waals surface area contributed by atoms with Crippen molar-refractivity contribution in [3.63, 3.8) is 0 Å². The van der Waals surface area contributed by atoms with Crippen LogP contribution in [0.3, 0.4) is 0 Å². The monoisotopic (exact) mass is 229 g/mol. The van der Waals surface area contributed by atoms with Gasteiger partial charge in [0.2, 0.25) is 0 Å². The molecule has 3 nitrogen and oxygen atoms in total. The van der Waals surface area contributed by atoms with Gasteiger partial charge in [0.1, 0.15) is 0 Å². The Bertz CT molecular complexity index is 408. The standard InChI is InChI=1S/C14H19N3/c1-17-7-3-6-14(17)11-16-10-13-5-2-4-12(8-13)9-15/h2,4-5,8,14,16H,3,6-7,10-11H2,1H3/t14-/m1/s1. The van der Waals surface area contributed by atoms with Crippen molar-refractivity contribution in [1.82, 2.24) is 10.2 Å². The van der Waals surface area contributed by atoms with E-state index in [4.69, 9.17) is 5.26 Å². The van der Waals surface area contributed by atoms with Crippen molar-refractivity contribution in [2.75, 3.05) is 20.1 Å². The second-order valence-electron chi connectivity index (χ2n) is 4.72. The molecule has 1 aliphatic heterocycles. The summed E-state index contributed by atoms with van der Waals surface area (Å²) in [6.07, 6.45) is 2.61. The summed E-state index contributed by atoms with van der Waals surface area (Å²) >= 11 is 0. The van der Waals surface area contributed by atoms with Gasteiger partial charge in [0.15, 0.2) is 0 Å². The lowest BCUT2D eigenvalue weighted by Gasteiger charge is -2.19. The predicted octanol–water partition coefficient (Wildman–Crippen LogP) is 1.74. The van der Waals surface area contributed by atoms with Gasteiger partial charge in [-0.2, -0.15) is 5.26 Å². The highest BCUT2D eigenvalue weighted by Crippen LogP contribution is 2.13. The number of nitrogens with zero attached hydrogens (tertiary/aromatic N) is 2. The summed E-state index contributed by atoms with van der Waals surface area (Å²) < 4.78 is 0. The molecular weight excluding hydrogens is 210 g/mol. The largest absolute Gasteiger partial charge is 0.311 e. The van der Waals surface area contributed by atoms with Crippen LogP contribution < -0.4 is 5.32 Å². The molecule has 17 heavy (non-hydrogen) atoms. The third kappa shape index (κ3) is 3.29. The molecule has 1 N–H and O–H groups in total. The van der Waals surface area contributed by atoms with Crippen molar-refractivity contribution in [2.24, 2.45) is 0 Å². The zero-order valence-electron chi connectivity index (χ0n) is 10.3. The molecule has 0 aliphatic carbocycles. The average molecular weight is 229 g/mol. The molecule has 1 saturated heterocycles. The van der Waals surface area contributed by atoms with Gasteiger partial charge in [0, 0.05) is 19.1 Å². The Kier molecular flexibility index (Phi) is 4.13. The highest BCUT2D eigenvalue weighted by Gasteiger charge is 2.19. The van der Waals surface area contributed by atoms with Crippen LogP contribution in [0.25, 0.3) is 0 Å². The van der Waals surface area contributed by atoms with E-state index in [0.29, 0.717) is 6.04 Å². The van der Waals surface area contributed by atoms with Crippen molar-refractivity contribution in [3.8, 4) is 6.07 Å². The molecule has 90 valence electrons. The summed E-state index contributed by atoms with van der Waals surface area (Å²) in [5.74, 6) is 0. The van der Waals surface area contributed by atoms with E-state index in [-0.39, 0.29) is 0 Å². The molecule has 0 bridgehead atoms. The summed E-state index contributed by atoms with van der Waals surface area (Å²) in [6.45, 7) is 3.10. The number of nitriles is 1. The SMILES string of the molecule is CN1CCC[C@@H]1CNCc1cccc(C#N)c1. The van der Waals surface area contributed by atoms with Crippen molar-refractivity contribution in [2.45, 2.75) is 25.4 Å². The van der Waals surface area contributed by atoms with Gasteiger partial charge in [-0.25, -0.2) is 0 Å². The number of rotatable bonds is 4. The van der Waals surface area contributed by atoms with Gasteiger partial charge in [0.25, 0.3) is 0 Å². The number of hydrogen-bond donors (Lipinski definition) is 1. The third-order valence-corrected chi connectivity index (χ3v) is 3.44. The molecule has 1 aliphatic rings. The zero-order chi connectivity index (χ0) is 12.1. The fourth-order valence-corrected chi connectivity index (χ4v) is 2.37. The van der Waals surface area contributed by atoms with E-state index in [9.17, 15) is 0 Å². The van der Waals surface area contributed by atoms with Crippen LogP contribution in [0.1, 0.15) is 24.0 Å². The predicted molar refractivity (Wildman–Crippen MR) is 68.5 cm³/mol. The second kappa shape index (κ2) is 5.81. The molecule has 1 heterocycles. The van der Waals surface area contributed by atoms with Crippen LogP contribution >= 0.6 is 0 Å². The van der Waals surface area contributed by atoms with E-state index in [1.54, 1.807) is 0 Å². The summed E-state index contributed by atoms with van der Waals surface area (Å²) in [5.41, 5.74) is 1.92. The number of likely N-dealkylation sites (N-methyl/N-ethyl adjacent to an activating group) is 1. The fourth-order valence-electron chi connectivity index (χ4n) is 2.37. The van der Waals surface area contributed by atoms with Gasteiger partial charge in [0.05, 0.1) is 11.6 Å². The van der Waals surface area contributed by atoms with Crippen molar-refractivity contribution >= 4 is 0 Å². The molecule has 0 saturated carbocycles. The van der Waals surface area contributed by atoms with Crippen molar-refractivity contribution in [3.05, 3.63) is 35.4 Å². The lowest BCUT2D eigenvalue weighted by Crippen LogP contribution is -2.35. The molecule has 1 aromatic rings. The maximum absolute atomic E-state index is 8.82. The van der Waals surface area contributed by atoms with Crippen LogP contribution in [0.2, 0.25) is 0 Å². The van der Waals surface area contributed by atoms with E-state index in [1.165, 1.54) is 24.9 Å². The van der Waals surface area contributed by atoms with Gasteiger partial charge in [-0.3, -0.25) is 0 Å². The van der Waals surface area contributed by atoms with Crippen molar-refractivity contribution < 1.29 is 0 Å². The topological polar surface area (TPSA) is 39.1 Å². The fraction of sp³-hybridized carbons (Fsp3) is 0.500. The molecule has 3 heteroatoms. The summed E-state index contributed by atoms with van der Waals surface area (Å²) in [5, 5.41) is 12.3. The molecule has 2 rings (SSSR count). The van der Waals surface area contributed by atoms with Gasteiger partial charge < -0.3 is 10.2 Å². The summed E-state index contributed by atoms with van der Waals surface area (Å²) in [6, 6.07) is 10.6. The quantitative estimate of drug-likeness (QED) is 0.855. The lowest BCUT2D eigenvalue weighted by molar-refractivity contribution is 0.300. The van der Waals surface area contributed by atoms with Crippen LogP contribution in [-0.2, 0) is 6.54 Å². The number of hydrogen-bond acceptors (Lipinski definition) is 3. The van der Waals surface area contributed by atoms with E-state index in [1.807, 2.05) is 18.2 Å². The second-order valence-corrected chi connectivity index (χ2v) is 4.72. The first-order chi connectivity index (χ1) is 8.29. The first kappa shape index (κ1) is 12.1. The minimum Gasteiger partial charge on any atom is -0.311 e. The Hall–Kier alpha value is -1.37. The molecule has 1 atom stereocenters. The lowest BCUT2D eigenvalue weighted by atomic mass is 10.1. The normalized spacial score (nSPS) is 20.4. The van der Waals surface area contributed by atoms with Crippen LogP contribution in [0.15, 0.2) is 24.3 Å². The minimum atomic E-state index is 0.675. The Morgan fingerprint density at radius 2 is 2.41 bits per heavy atom. The smallest absolute Gasteiger partial charge is 0.0991 e. The molecule has 1 aromatic carbocycles. The zero-order valence-corrected chi connectivity index (χ0v) is 10.3. The Balaban J connectivity index is 1.80. The molecule has 0 aromatic heterocycles. The van der Waals surface area contributed by atoms with Gasteiger partial charge >= 0.3 is 0 Å². The first-order valence-electron chi connectivity index (χ1n) is 6.19. The van der Waals surface area contributed by atoms with Crippen LogP contribution in [0.5, 0.6) is 0 Å². The molecule has 0 radical (unpaired) electrons. The van der Waals surface area contributed by atoms with Crippen LogP contribution in [0.4, 0.5) is 0 Å². The maximum Gasteiger partial charge on any atom is 0.0991 e. The maximum atomic E-state index is 8.82. The molecule has 0 spiro atoms. The van der Waals surface area contributed by atoms with Gasteiger partial charge in [-0.05, 0) is 44.1 Å². The molecule has 0 amide bonds. The Morgan fingerprint density at radius 1 is 1.53 bits per heavy atom. The number of benzene rings is 1. The average Bonchev–Trinajstić information content (AvgIpc) is 2.76. The first-order valence-corrected chi connectivity index (χ1v) is 6.19. The number of nitrogens with one attached hydrogen (secondary N) is 1. The highest BCUT2D eigenvalue weighted by molar-refractivity contribution is 5.32. The van der Waals surface area contributed by atoms with Gasteiger partial charge in [-0.15, -0.1) is 0 Å². The van der Waals surface area contributed by atoms with E-state index in [0.717, 1.165) is 18.7 Å². The molecule has 0 unspecified atom stereocenters. The Labute approximate surface area is 103 Å². The van der Waals surface area contributed by atoms with E-state index >= 15 is 0 Å². The highest BCUT2D eigenvalue weighted by atomic mass is 15.2. The van der Waals surface area contributed by atoms with Crippen LogP contribution in [0, 0.1) is 11.3 Å². The summed E-state index contributed by atoms with van der Waals surface area (Å²) in [7, 11) is 2.19. The van der Waals surface area contributed by atoms with Gasteiger partial charge in [-0.1, -0.05) is 12.1 Å². The van der Waals surface area contributed by atoms with E-state index in [2.05, 4.69) is 29.4 Å². The minimum absolute atomic E-state index is 0.675. The van der Waals surface area contributed by atoms with Crippen molar-refractivity contribution in [1.29, 1.82) is 5.26 Å². The molecular formula is C14H19N3. The summed E-state index contributed by atoms with van der Waals surface area (Å²) in [4.78, 5) is 2.42. The molecule has 1 fully saturated rings. The Morgan fingerprint density at radius 3 is 3.12 bits per heavy atom. The van der Waals surface area contributed by atoms with E-state index < -0.39 is 0 Å².